The molecule has 1 aliphatic rings. The maximum absolute atomic E-state index is 12.5. The molecule has 2 amide bonds. The summed E-state index contributed by atoms with van der Waals surface area (Å²) in [7, 11) is 1.52. The minimum absolute atomic E-state index is 0.0309. The Morgan fingerprint density at radius 3 is 2.67 bits per heavy atom. The minimum Gasteiger partial charge on any atom is -0.495 e. The fraction of sp³-hybridized carbons (Fsp3) is 0.217. The number of nitrogens with one attached hydrogen (secondary N) is 2. The summed E-state index contributed by atoms with van der Waals surface area (Å²) in [5.74, 6) is -0.884. The van der Waals surface area contributed by atoms with E-state index in [9.17, 15) is 9.59 Å². The number of nitrogens with zero attached hydrogens (tertiary/aromatic N) is 1. The molecule has 0 saturated carbocycles. The zero-order chi connectivity index (χ0) is 20.9. The molecule has 154 valence electrons. The van der Waals surface area contributed by atoms with Crippen LogP contribution >= 0.6 is 11.3 Å². The van der Waals surface area contributed by atoms with Gasteiger partial charge in [-0.25, -0.2) is 0 Å². The topological polar surface area (TPSA) is 70.7 Å². The first kappa shape index (κ1) is 20.0. The second-order valence-corrected chi connectivity index (χ2v) is 7.95. The molecule has 4 rings (SSSR count). The maximum Gasteiger partial charge on any atom is 0.313 e. The normalized spacial score (nSPS) is 13.4. The van der Waals surface area contributed by atoms with Crippen molar-refractivity contribution in [2.24, 2.45) is 0 Å². The molecule has 2 heterocycles. The number of methoxy groups -OCH3 is 1. The van der Waals surface area contributed by atoms with Gasteiger partial charge in [0.05, 0.1) is 18.8 Å². The minimum atomic E-state index is -0.716. The Kier molecular flexibility index (Phi) is 5.99. The Labute approximate surface area is 179 Å². The van der Waals surface area contributed by atoms with E-state index in [-0.39, 0.29) is 6.04 Å². The van der Waals surface area contributed by atoms with Gasteiger partial charge in [0.15, 0.2) is 0 Å². The number of para-hydroxylation sites is 3. The maximum atomic E-state index is 12.5. The average molecular weight is 422 g/mol. The van der Waals surface area contributed by atoms with Crippen LogP contribution < -0.4 is 20.3 Å². The highest BCUT2D eigenvalue weighted by atomic mass is 32.1. The molecule has 0 fully saturated rings. The molecule has 1 aliphatic heterocycles. The Hall–Kier alpha value is -3.32. The number of carbonyl (C=O) groups excluding carboxylic acids is 2. The summed E-state index contributed by atoms with van der Waals surface area (Å²) in [4.78, 5) is 28.4. The van der Waals surface area contributed by atoms with Crippen molar-refractivity contribution in [2.75, 3.05) is 30.4 Å². The molecule has 0 bridgehead atoms. The van der Waals surface area contributed by atoms with Crippen molar-refractivity contribution in [1.29, 1.82) is 0 Å². The van der Waals surface area contributed by atoms with Crippen LogP contribution in [0.5, 0.6) is 5.75 Å². The van der Waals surface area contributed by atoms with Gasteiger partial charge in [0.25, 0.3) is 0 Å². The molecular formula is C23H23N3O3S. The molecule has 7 heteroatoms. The number of hydrogen-bond donors (Lipinski definition) is 2. The summed E-state index contributed by atoms with van der Waals surface area (Å²) in [5.41, 5.74) is 2.95. The van der Waals surface area contributed by atoms with Crippen molar-refractivity contribution < 1.29 is 14.3 Å². The molecule has 3 aromatic rings. The van der Waals surface area contributed by atoms with Crippen LogP contribution in [0.2, 0.25) is 0 Å². The van der Waals surface area contributed by atoms with Crippen LogP contribution in [0.25, 0.3) is 0 Å². The van der Waals surface area contributed by atoms with Crippen molar-refractivity contribution >= 4 is 34.5 Å². The molecule has 0 radical (unpaired) electrons. The lowest BCUT2D eigenvalue weighted by atomic mass is 10.1. The van der Waals surface area contributed by atoms with Gasteiger partial charge in [-0.2, -0.15) is 0 Å². The van der Waals surface area contributed by atoms with Crippen LogP contribution in [-0.4, -0.2) is 32.0 Å². The van der Waals surface area contributed by atoms with Gasteiger partial charge in [-0.3, -0.25) is 9.59 Å². The van der Waals surface area contributed by atoms with Crippen LogP contribution in [0.1, 0.15) is 16.5 Å². The van der Waals surface area contributed by atoms with E-state index >= 15 is 0 Å². The van der Waals surface area contributed by atoms with E-state index in [1.165, 1.54) is 18.4 Å². The first-order valence-electron chi connectivity index (χ1n) is 9.77. The standard InChI is InChI=1S/C23H23N3O3S/c1-29-20-10-5-3-8-17(20)25-23(28)22(27)24-15-19(21-11-6-14-30-21)26-13-12-16-7-2-4-9-18(16)26/h2-11,14,19H,12-13,15H2,1H3,(H,24,27)(H,25,28)/t19-/m1/s1. The molecule has 2 aromatic carbocycles. The molecular weight excluding hydrogens is 398 g/mol. The van der Waals surface area contributed by atoms with Crippen LogP contribution in [0, 0.1) is 0 Å². The lowest BCUT2D eigenvalue weighted by Crippen LogP contribution is -2.41. The van der Waals surface area contributed by atoms with Crippen LogP contribution in [0.4, 0.5) is 11.4 Å². The van der Waals surface area contributed by atoms with Gasteiger partial charge >= 0.3 is 11.8 Å². The number of anilines is 2. The quantitative estimate of drug-likeness (QED) is 0.597. The Balaban J connectivity index is 1.45. The summed E-state index contributed by atoms with van der Waals surface area (Å²) in [6, 6.07) is 19.4. The van der Waals surface area contributed by atoms with Crippen molar-refractivity contribution in [1.82, 2.24) is 5.32 Å². The zero-order valence-electron chi connectivity index (χ0n) is 16.6. The lowest BCUT2D eigenvalue weighted by molar-refractivity contribution is -0.136. The Bertz CT molecular complexity index is 1040. The van der Waals surface area contributed by atoms with Gasteiger partial charge in [-0.1, -0.05) is 36.4 Å². The number of rotatable bonds is 6. The van der Waals surface area contributed by atoms with Crippen molar-refractivity contribution in [2.45, 2.75) is 12.5 Å². The van der Waals surface area contributed by atoms with E-state index in [4.69, 9.17) is 4.74 Å². The van der Waals surface area contributed by atoms with Crippen molar-refractivity contribution in [3.8, 4) is 5.75 Å². The summed E-state index contributed by atoms with van der Waals surface area (Å²) >= 11 is 1.65. The highest BCUT2D eigenvalue weighted by Crippen LogP contribution is 2.36. The molecule has 2 N–H and O–H groups in total. The number of fused-ring (bicyclic) bond motifs is 1. The zero-order valence-corrected chi connectivity index (χ0v) is 17.4. The number of benzene rings is 2. The smallest absolute Gasteiger partial charge is 0.313 e. The third-order valence-corrected chi connectivity index (χ3v) is 6.16. The third kappa shape index (κ3) is 4.16. The molecule has 0 unspecified atom stereocenters. The number of ether oxygens (including phenoxy) is 1. The monoisotopic (exact) mass is 421 g/mol. The van der Waals surface area contributed by atoms with E-state index in [0.717, 1.165) is 17.8 Å². The van der Waals surface area contributed by atoms with Crippen LogP contribution in [0.15, 0.2) is 66.0 Å². The molecule has 30 heavy (non-hydrogen) atoms. The second-order valence-electron chi connectivity index (χ2n) is 6.97. The third-order valence-electron chi connectivity index (χ3n) is 5.19. The molecule has 1 aromatic heterocycles. The fourth-order valence-electron chi connectivity index (χ4n) is 3.73. The van der Waals surface area contributed by atoms with E-state index in [2.05, 4.69) is 33.7 Å². The van der Waals surface area contributed by atoms with E-state index in [1.807, 2.05) is 23.6 Å². The summed E-state index contributed by atoms with van der Waals surface area (Å²) < 4.78 is 5.22. The number of hydrogen-bond acceptors (Lipinski definition) is 5. The molecule has 1 atom stereocenters. The molecule has 0 spiro atoms. The number of thiophene rings is 1. The Morgan fingerprint density at radius 2 is 1.87 bits per heavy atom. The predicted molar refractivity (Wildman–Crippen MR) is 119 cm³/mol. The van der Waals surface area contributed by atoms with E-state index in [1.54, 1.807) is 35.6 Å². The van der Waals surface area contributed by atoms with Gasteiger partial charge in [-0.05, 0) is 41.6 Å². The predicted octanol–water partition coefficient (Wildman–Crippen LogP) is 3.62. The van der Waals surface area contributed by atoms with E-state index in [0.29, 0.717) is 18.0 Å². The van der Waals surface area contributed by atoms with Gasteiger partial charge in [0.2, 0.25) is 0 Å². The molecule has 0 saturated heterocycles. The van der Waals surface area contributed by atoms with Crippen LogP contribution in [0.3, 0.4) is 0 Å². The van der Waals surface area contributed by atoms with E-state index < -0.39 is 11.8 Å². The first-order valence-corrected chi connectivity index (χ1v) is 10.7. The molecule has 6 nitrogen and oxygen atoms in total. The highest BCUT2D eigenvalue weighted by Gasteiger charge is 2.28. The highest BCUT2D eigenvalue weighted by molar-refractivity contribution is 7.10. The van der Waals surface area contributed by atoms with Gasteiger partial charge in [0.1, 0.15) is 5.75 Å². The van der Waals surface area contributed by atoms with Gasteiger partial charge < -0.3 is 20.3 Å². The second kappa shape index (κ2) is 9.00. The van der Waals surface area contributed by atoms with Gasteiger partial charge in [0, 0.05) is 23.7 Å². The largest absolute Gasteiger partial charge is 0.495 e. The SMILES string of the molecule is COc1ccccc1NC(=O)C(=O)NC[C@H](c1cccs1)N1CCc2ccccc21. The summed E-state index contributed by atoms with van der Waals surface area (Å²) in [6.45, 7) is 1.22. The summed E-state index contributed by atoms with van der Waals surface area (Å²) in [6.07, 6.45) is 0.973. The summed E-state index contributed by atoms with van der Waals surface area (Å²) in [5, 5.41) is 7.46. The first-order chi connectivity index (χ1) is 14.7. The van der Waals surface area contributed by atoms with Crippen LogP contribution in [-0.2, 0) is 16.0 Å². The molecule has 0 aliphatic carbocycles. The van der Waals surface area contributed by atoms with Gasteiger partial charge in [-0.15, -0.1) is 11.3 Å². The lowest BCUT2D eigenvalue weighted by Gasteiger charge is -2.30. The Morgan fingerprint density at radius 1 is 1.07 bits per heavy atom. The fourth-order valence-corrected chi connectivity index (χ4v) is 4.57. The number of carbonyl (C=O) groups is 2. The van der Waals surface area contributed by atoms with Crippen molar-refractivity contribution in [3.63, 3.8) is 0 Å². The van der Waals surface area contributed by atoms with Crippen molar-refractivity contribution in [3.05, 3.63) is 76.5 Å². The number of amides is 2. The average Bonchev–Trinajstić information content (AvgIpc) is 3.45.